The highest BCUT2D eigenvalue weighted by Gasteiger charge is 2.35. The summed E-state index contributed by atoms with van der Waals surface area (Å²) in [6, 6.07) is 0.946. The molecule has 0 aliphatic carbocycles. The first-order valence-corrected chi connectivity index (χ1v) is 7.61. The lowest BCUT2D eigenvalue weighted by Crippen LogP contribution is -2.56. The number of aryl methyl sites for hydroxylation is 1. The van der Waals surface area contributed by atoms with Crippen molar-refractivity contribution in [2.75, 3.05) is 39.8 Å². The second kappa shape index (κ2) is 4.89. The average Bonchev–Trinajstić information content (AvgIpc) is 2.81. The van der Waals surface area contributed by atoms with Crippen molar-refractivity contribution in [1.82, 2.24) is 20.1 Å². The van der Waals surface area contributed by atoms with Gasteiger partial charge in [0.2, 0.25) is 0 Å². The molecule has 1 aromatic rings. The Hall–Kier alpha value is -0.490. The van der Waals surface area contributed by atoms with Crippen LogP contribution < -0.4 is 5.32 Å². The van der Waals surface area contributed by atoms with E-state index in [0.29, 0.717) is 12.1 Å². The first-order chi connectivity index (χ1) is 8.69. The van der Waals surface area contributed by atoms with Crippen LogP contribution >= 0.6 is 11.3 Å². The fraction of sp³-hybridized carbons (Fsp3) is 0.769. The van der Waals surface area contributed by atoms with E-state index in [1.54, 1.807) is 0 Å². The highest BCUT2D eigenvalue weighted by molar-refractivity contribution is 7.11. The molecule has 0 amide bonds. The van der Waals surface area contributed by atoms with Crippen LogP contribution in [-0.2, 0) is 0 Å². The van der Waals surface area contributed by atoms with Crippen molar-refractivity contribution in [3.8, 4) is 0 Å². The zero-order chi connectivity index (χ0) is 12.7. The SMILES string of the molecule is CNC(C)c1sc(C2CN3CCN2CC3)nc1C. The van der Waals surface area contributed by atoms with E-state index in [2.05, 4.69) is 29.0 Å². The lowest BCUT2D eigenvalue weighted by atomic mass is 10.1. The Labute approximate surface area is 113 Å². The molecule has 100 valence electrons. The van der Waals surface area contributed by atoms with Gasteiger partial charge in [0.25, 0.3) is 0 Å². The van der Waals surface area contributed by atoms with Crippen LogP contribution in [0.15, 0.2) is 0 Å². The Morgan fingerprint density at radius 2 is 2.06 bits per heavy atom. The fourth-order valence-electron chi connectivity index (χ4n) is 2.96. The molecule has 3 aliphatic heterocycles. The maximum atomic E-state index is 4.83. The lowest BCUT2D eigenvalue weighted by Gasteiger charge is -2.46. The first kappa shape index (κ1) is 12.5. The number of hydrogen-bond acceptors (Lipinski definition) is 5. The zero-order valence-electron chi connectivity index (χ0n) is 11.4. The summed E-state index contributed by atoms with van der Waals surface area (Å²) >= 11 is 1.90. The van der Waals surface area contributed by atoms with E-state index in [1.165, 1.54) is 48.3 Å². The maximum Gasteiger partial charge on any atom is 0.112 e. The first-order valence-electron chi connectivity index (χ1n) is 6.80. The van der Waals surface area contributed by atoms with E-state index in [4.69, 9.17) is 4.98 Å². The van der Waals surface area contributed by atoms with Crippen LogP contribution in [0.3, 0.4) is 0 Å². The third-order valence-electron chi connectivity index (χ3n) is 4.24. The minimum Gasteiger partial charge on any atom is -0.312 e. The predicted molar refractivity (Wildman–Crippen MR) is 75.1 cm³/mol. The summed E-state index contributed by atoms with van der Waals surface area (Å²) in [5.41, 5.74) is 1.20. The van der Waals surface area contributed by atoms with Gasteiger partial charge in [-0.15, -0.1) is 11.3 Å². The number of thiazole rings is 1. The van der Waals surface area contributed by atoms with E-state index in [0.717, 1.165) is 0 Å². The molecule has 3 aliphatic rings. The van der Waals surface area contributed by atoms with Crippen molar-refractivity contribution in [2.24, 2.45) is 0 Å². The Bertz CT molecular complexity index is 423. The molecule has 18 heavy (non-hydrogen) atoms. The van der Waals surface area contributed by atoms with E-state index < -0.39 is 0 Å². The average molecular weight is 266 g/mol. The lowest BCUT2D eigenvalue weighted by molar-refractivity contribution is 0.0122. The molecule has 3 saturated heterocycles. The number of nitrogens with one attached hydrogen (secondary N) is 1. The topological polar surface area (TPSA) is 31.4 Å². The standard InChI is InChI=1S/C13H22N4S/c1-9(14-3)12-10(2)15-13(18-12)11-8-16-4-6-17(11)7-5-16/h9,11,14H,4-8H2,1-3H3. The summed E-state index contributed by atoms with van der Waals surface area (Å²) in [5.74, 6) is 0. The van der Waals surface area contributed by atoms with Crippen molar-refractivity contribution in [3.05, 3.63) is 15.6 Å². The van der Waals surface area contributed by atoms with E-state index in [1.807, 2.05) is 18.4 Å². The van der Waals surface area contributed by atoms with Gasteiger partial charge in [0.05, 0.1) is 11.7 Å². The molecule has 0 spiro atoms. The molecule has 3 fully saturated rings. The second-order valence-electron chi connectivity index (χ2n) is 5.36. The van der Waals surface area contributed by atoms with Gasteiger partial charge in [-0.25, -0.2) is 4.98 Å². The van der Waals surface area contributed by atoms with Gasteiger partial charge in [0, 0.05) is 43.6 Å². The minimum atomic E-state index is 0.410. The van der Waals surface area contributed by atoms with Gasteiger partial charge in [0.1, 0.15) is 5.01 Å². The number of nitrogens with zero attached hydrogens (tertiary/aromatic N) is 3. The van der Waals surface area contributed by atoms with Crippen molar-refractivity contribution < 1.29 is 0 Å². The largest absolute Gasteiger partial charge is 0.312 e. The Morgan fingerprint density at radius 1 is 1.33 bits per heavy atom. The molecule has 4 heterocycles. The highest BCUT2D eigenvalue weighted by atomic mass is 32.1. The summed E-state index contributed by atoms with van der Waals surface area (Å²) in [6.07, 6.45) is 0. The van der Waals surface area contributed by atoms with Crippen molar-refractivity contribution in [3.63, 3.8) is 0 Å². The molecule has 1 N–H and O–H groups in total. The predicted octanol–water partition coefficient (Wildman–Crippen LogP) is 1.40. The minimum absolute atomic E-state index is 0.410. The summed E-state index contributed by atoms with van der Waals surface area (Å²) in [5, 5.41) is 4.63. The number of rotatable bonds is 3. The maximum absolute atomic E-state index is 4.83. The van der Waals surface area contributed by atoms with Crippen molar-refractivity contribution >= 4 is 11.3 Å². The van der Waals surface area contributed by atoms with Crippen LogP contribution in [0.1, 0.15) is 34.6 Å². The summed E-state index contributed by atoms with van der Waals surface area (Å²) in [6.45, 7) is 10.4. The van der Waals surface area contributed by atoms with Crippen LogP contribution in [0, 0.1) is 6.92 Å². The number of fused-ring (bicyclic) bond motifs is 3. The quantitative estimate of drug-likeness (QED) is 0.896. The van der Waals surface area contributed by atoms with Gasteiger partial charge in [-0.05, 0) is 20.9 Å². The molecular weight excluding hydrogens is 244 g/mol. The Morgan fingerprint density at radius 3 is 2.61 bits per heavy atom. The molecule has 5 heteroatoms. The van der Waals surface area contributed by atoms with Crippen LogP contribution in [0.2, 0.25) is 0 Å². The highest BCUT2D eigenvalue weighted by Crippen LogP contribution is 2.34. The molecule has 0 saturated carbocycles. The summed E-state index contributed by atoms with van der Waals surface area (Å²) in [4.78, 5) is 11.4. The van der Waals surface area contributed by atoms with Gasteiger partial charge < -0.3 is 5.32 Å². The molecular formula is C13H22N4S. The molecule has 2 bridgehead atoms. The summed E-state index contributed by atoms with van der Waals surface area (Å²) in [7, 11) is 2.02. The van der Waals surface area contributed by atoms with Gasteiger partial charge in [-0.1, -0.05) is 0 Å². The third kappa shape index (κ3) is 2.09. The number of piperazine rings is 3. The van der Waals surface area contributed by atoms with Crippen molar-refractivity contribution in [1.29, 1.82) is 0 Å². The molecule has 2 atom stereocenters. The van der Waals surface area contributed by atoms with E-state index in [-0.39, 0.29) is 0 Å². The van der Waals surface area contributed by atoms with Crippen LogP contribution in [0.25, 0.3) is 0 Å². The Balaban J connectivity index is 1.84. The van der Waals surface area contributed by atoms with Gasteiger partial charge in [-0.2, -0.15) is 0 Å². The molecule has 0 aromatic carbocycles. The van der Waals surface area contributed by atoms with Gasteiger partial charge in [0.15, 0.2) is 0 Å². The van der Waals surface area contributed by atoms with E-state index >= 15 is 0 Å². The smallest absolute Gasteiger partial charge is 0.112 e. The van der Waals surface area contributed by atoms with Gasteiger partial charge in [-0.3, -0.25) is 9.80 Å². The molecule has 0 radical (unpaired) electrons. The van der Waals surface area contributed by atoms with Crippen LogP contribution in [-0.4, -0.2) is 54.6 Å². The molecule has 1 aromatic heterocycles. The Kier molecular flexibility index (Phi) is 3.40. The molecule has 4 rings (SSSR count). The normalized spacial score (nSPS) is 32.7. The zero-order valence-corrected chi connectivity index (χ0v) is 12.3. The molecule has 4 nitrogen and oxygen atoms in total. The number of aromatic nitrogens is 1. The fourth-order valence-corrected chi connectivity index (χ4v) is 4.21. The van der Waals surface area contributed by atoms with Crippen LogP contribution in [0.5, 0.6) is 0 Å². The van der Waals surface area contributed by atoms with Crippen molar-refractivity contribution in [2.45, 2.75) is 25.9 Å². The number of hydrogen-bond donors (Lipinski definition) is 1. The second-order valence-corrected chi connectivity index (χ2v) is 6.43. The van der Waals surface area contributed by atoms with Gasteiger partial charge >= 0.3 is 0 Å². The summed E-state index contributed by atoms with van der Waals surface area (Å²) < 4.78 is 0. The van der Waals surface area contributed by atoms with E-state index in [9.17, 15) is 0 Å². The third-order valence-corrected chi connectivity index (χ3v) is 5.68. The molecule has 2 unspecified atom stereocenters. The monoisotopic (exact) mass is 266 g/mol. The van der Waals surface area contributed by atoms with Crippen LogP contribution in [0.4, 0.5) is 0 Å².